The number of nitrogens with one attached hydrogen (secondary N) is 1. The highest BCUT2D eigenvalue weighted by atomic mass is 19.1. The molecule has 0 bridgehead atoms. The number of nitrogens with zero attached hydrogens (tertiary/aromatic N) is 2. The third-order valence-electron chi connectivity index (χ3n) is 3.15. The van der Waals surface area contributed by atoms with Crippen molar-refractivity contribution in [1.82, 2.24) is 15.5 Å². The summed E-state index contributed by atoms with van der Waals surface area (Å²) in [6, 6.07) is 5.12. The molecule has 1 atom stereocenters. The summed E-state index contributed by atoms with van der Waals surface area (Å²) in [6.07, 6.45) is 0. The lowest BCUT2D eigenvalue weighted by atomic mass is 9.96. The van der Waals surface area contributed by atoms with Crippen molar-refractivity contribution in [3.63, 3.8) is 0 Å². The lowest BCUT2D eigenvalue weighted by Crippen LogP contribution is -2.25. The Labute approximate surface area is 117 Å². The van der Waals surface area contributed by atoms with Crippen LogP contribution in [0.2, 0.25) is 0 Å². The van der Waals surface area contributed by atoms with E-state index in [9.17, 15) is 8.78 Å². The van der Waals surface area contributed by atoms with Crippen LogP contribution in [-0.2, 0) is 0 Å². The molecule has 0 saturated carbocycles. The Hall–Kier alpha value is -1.88. The molecule has 0 radical (unpaired) electrons. The van der Waals surface area contributed by atoms with E-state index in [1.165, 1.54) is 18.2 Å². The quantitative estimate of drug-likeness (QED) is 0.933. The van der Waals surface area contributed by atoms with Gasteiger partial charge in [-0.05, 0) is 44.2 Å². The predicted octanol–water partition coefficient (Wildman–Crippen LogP) is 3.07. The SMILES string of the molecule is CCNC(c1cc(C)nnc1C)c1c(F)cccc1F. The second-order valence-corrected chi connectivity index (χ2v) is 4.65. The van der Waals surface area contributed by atoms with E-state index in [0.29, 0.717) is 17.9 Å². The van der Waals surface area contributed by atoms with Gasteiger partial charge in [-0.15, -0.1) is 0 Å². The average Bonchev–Trinajstić information content (AvgIpc) is 2.40. The first-order chi connectivity index (χ1) is 9.54. The van der Waals surface area contributed by atoms with Crippen LogP contribution in [0.3, 0.4) is 0 Å². The third-order valence-corrected chi connectivity index (χ3v) is 3.15. The first-order valence-corrected chi connectivity index (χ1v) is 6.52. The minimum absolute atomic E-state index is 0.0184. The fraction of sp³-hybridized carbons (Fsp3) is 0.333. The Kier molecular flexibility index (Phi) is 4.39. The summed E-state index contributed by atoms with van der Waals surface area (Å²) in [5.41, 5.74) is 2.13. The molecule has 2 rings (SSSR count). The van der Waals surface area contributed by atoms with Crippen LogP contribution in [0.4, 0.5) is 8.78 Å². The molecule has 0 spiro atoms. The zero-order chi connectivity index (χ0) is 14.7. The van der Waals surface area contributed by atoms with Gasteiger partial charge in [-0.25, -0.2) is 8.78 Å². The number of aromatic nitrogens is 2. The van der Waals surface area contributed by atoms with Crippen molar-refractivity contribution in [3.8, 4) is 0 Å². The molecule has 106 valence electrons. The van der Waals surface area contributed by atoms with Crippen molar-refractivity contribution >= 4 is 0 Å². The van der Waals surface area contributed by atoms with Crippen molar-refractivity contribution in [2.45, 2.75) is 26.8 Å². The van der Waals surface area contributed by atoms with Gasteiger partial charge in [-0.1, -0.05) is 13.0 Å². The molecule has 0 fully saturated rings. The largest absolute Gasteiger partial charge is 0.306 e. The summed E-state index contributed by atoms with van der Waals surface area (Å²) in [7, 11) is 0. The topological polar surface area (TPSA) is 37.8 Å². The molecule has 1 N–H and O–H groups in total. The van der Waals surface area contributed by atoms with E-state index in [0.717, 1.165) is 5.56 Å². The summed E-state index contributed by atoms with van der Waals surface area (Å²) in [5.74, 6) is -1.13. The third kappa shape index (κ3) is 2.82. The zero-order valence-corrected chi connectivity index (χ0v) is 11.7. The standard InChI is InChI=1S/C15H17F2N3/c1-4-18-15(11-8-9(2)19-20-10(11)3)14-12(16)6-5-7-13(14)17/h5-8,15,18H,4H2,1-3H3. The lowest BCUT2D eigenvalue weighted by Gasteiger charge is -2.21. The summed E-state index contributed by atoms with van der Waals surface area (Å²) in [5, 5.41) is 11.1. The molecule has 0 amide bonds. The highest BCUT2D eigenvalue weighted by Gasteiger charge is 2.23. The second kappa shape index (κ2) is 6.05. The summed E-state index contributed by atoms with van der Waals surface area (Å²) >= 11 is 0. The van der Waals surface area contributed by atoms with Gasteiger partial charge in [-0.3, -0.25) is 0 Å². The minimum Gasteiger partial charge on any atom is -0.306 e. The van der Waals surface area contributed by atoms with Crippen LogP contribution in [0, 0.1) is 25.5 Å². The Morgan fingerprint density at radius 3 is 2.40 bits per heavy atom. The number of hydrogen-bond acceptors (Lipinski definition) is 3. The predicted molar refractivity (Wildman–Crippen MR) is 73.4 cm³/mol. The molecule has 5 heteroatoms. The Morgan fingerprint density at radius 2 is 1.80 bits per heavy atom. The van der Waals surface area contributed by atoms with Gasteiger partial charge >= 0.3 is 0 Å². The van der Waals surface area contributed by atoms with Gasteiger partial charge in [0.25, 0.3) is 0 Å². The van der Waals surface area contributed by atoms with Gasteiger partial charge in [0.05, 0.1) is 17.4 Å². The number of rotatable bonds is 4. The van der Waals surface area contributed by atoms with E-state index in [4.69, 9.17) is 0 Å². The first kappa shape index (κ1) is 14.5. The second-order valence-electron chi connectivity index (χ2n) is 4.65. The Morgan fingerprint density at radius 1 is 1.15 bits per heavy atom. The highest BCUT2D eigenvalue weighted by molar-refractivity contribution is 5.35. The molecular formula is C15H17F2N3. The van der Waals surface area contributed by atoms with Gasteiger partial charge in [0, 0.05) is 5.56 Å². The monoisotopic (exact) mass is 277 g/mol. The number of halogens is 2. The Bertz CT molecular complexity index is 594. The van der Waals surface area contributed by atoms with Crippen molar-refractivity contribution in [1.29, 1.82) is 0 Å². The van der Waals surface area contributed by atoms with Crippen molar-refractivity contribution in [3.05, 3.63) is 58.4 Å². The molecule has 1 aromatic heterocycles. The fourth-order valence-corrected chi connectivity index (χ4v) is 2.22. The fourth-order valence-electron chi connectivity index (χ4n) is 2.22. The van der Waals surface area contributed by atoms with Crippen LogP contribution >= 0.6 is 0 Å². The Balaban J connectivity index is 2.59. The highest BCUT2D eigenvalue weighted by Crippen LogP contribution is 2.28. The van der Waals surface area contributed by atoms with Crippen molar-refractivity contribution in [2.75, 3.05) is 6.54 Å². The molecule has 2 aromatic rings. The molecule has 3 nitrogen and oxygen atoms in total. The van der Waals surface area contributed by atoms with E-state index in [1.54, 1.807) is 13.8 Å². The summed E-state index contributed by atoms with van der Waals surface area (Å²) < 4.78 is 28.1. The summed E-state index contributed by atoms with van der Waals surface area (Å²) in [4.78, 5) is 0. The molecule has 0 aliphatic heterocycles. The molecule has 1 heterocycles. The molecule has 1 aromatic carbocycles. The number of benzene rings is 1. The maximum atomic E-state index is 14.0. The molecule has 0 saturated heterocycles. The molecule has 20 heavy (non-hydrogen) atoms. The van der Waals surface area contributed by atoms with E-state index < -0.39 is 17.7 Å². The molecule has 0 aliphatic rings. The van der Waals surface area contributed by atoms with Crippen LogP contribution < -0.4 is 5.32 Å². The maximum absolute atomic E-state index is 14.0. The molecule has 0 aliphatic carbocycles. The van der Waals surface area contributed by atoms with Crippen molar-refractivity contribution in [2.24, 2.45) is 0 Å². The lowest BCUT2D eigenvalue weighted by molar-refractivity contribution is 0.508. The van der Waals surface area contributed by atoms with E-state index in [2.05, 4.69) is 15.5 Å². The number of aryl methyl sites for hydroxylation is 2. The molecule has 1 unspecified atom stereocenters. The van der Waals surface area contributed by atoms with Gasteiger partial charge in [0.1, 0.15) is 11.6 Å². The van der Waals surface area contributed by atoms with E-state index >= 15 is 0 Å². The van der Waals surface area contributed by atoms with Crippen LogP contribution in [0.15, 0.2) is 24.3 Å². The van der Waals surface area contributed by atoms with E-state index in [1.807, 2.05) is 13.0 Å². The van der Waals surface area contributed by atoms with E-state index in [-0.39, 0.29) is 5.56 Å². The van der Waals surface area contributed by atoms with Crippen LogP contribution in [0.5, 0.6) is 0 Å². The van der Waals surface area contributed by atoms with Crippen LogP contribution in [0.1, 0.15) is 35.5 Å². The smallest absolute Gasteiger partial charge is 0.131 e. The first-order valence-electron chi connectivity index (χ1n) is 6.52. The maximum Gasteiger partial charge on any atom is 0.131 e. The van der Waals surface area contributed by atoms with Crippen molar-refractivity contribution < 1.29 is 8.78 Å². The minimum atomic E-state index is -0.574. The van der Waals surface area contributed by atoms with Gasteiger partial charge in [0.15, 0.2) is 0 Å². The average molecular weight is 277 g/mol. The molecular weight excluding hydrogens is 260 g/mol. The van der Waals surface area contributed by atoms with Crippen LogP contribution in [0.25, 0.3) is 0 Å². The van der Waals surface area contributed by atoms with Gasteiger partial charge < -0.3 is 5.32 Å². The van der Waals surface area contributed by atoms with Gasteiger partial charge in [0.2, 0.25) is 0 Å². The zero-order valence-electron chi connectivity index (χ0n) is 11.7. The normalized spacial score (nSPS) is 12.4. The number of hydrogen-bond donors (Lipinski definition) is 1. The van der Waals surface area contributed by atoms with Gasteiger partial charge in [-0.2, -0.15) is 10.2 Å². The summed E-state index contributed by atoms with van der Waals surface area (Å²) in [6.45, 7) is 6.06. The van der Waals surface area contributed by atoms with Crippen LogP contribution in [-0.4, -0.2) is 16.7 Å².